The van der Waals surface area contributed by atoms with Crippen molar-refractivity contribution in [1.29, 1.82) is 0 Å². The number of fused-ring (bicyclic) bond motifs is 5. The van der Waals surface area contributed by atoms with E-state index in [9.17, 15) is 9.59 Å². The number of hydrogen-bond acceptors (Lipinski definition) is 6. The van der Waals surface area contributed by atoms with E-state index in [1.165, 1.54) is 20.3 Å². The molecule has 6 aliphatic rings. The van der Waals surface area contributed by atoms with Crippen molar-refractivity contribution in [3.63, 3.8) is 0 Å². The minimum atomic E-state index is -0.768. The lowest BCUT2D eigenvalue weighted by Crippen LogP contribution is -2.59. The Morgan fingerprint density at radius 2 is 1.58 bits per heavy atom. The summed E-state index contributed by atoms with van der Waals surface area (Å²) in [6, 6.07) is 0. The Morgan fingerprint density at radius 3 is 2.29 bits per heavy atom. The van der Waals surface area contributed by atoms with Crippen molar-refractivity contribution in [3.8, 4) is 0 Å². The number of esters is 2. The van der Waals surface area contributed by atoms with Gasteiger partial charge in [-0.05, 0) is 62.7 Å². The summed E-state index contributed by atoms with van der Waals surface area (Å²) < 4.78 is 24.1. The third kappa shape index (κ3) is 2.31. The summed E-state index contributed by atoms with van der Waals surface area (Å²) in [5.41, 5.74) is -0.233. The molecule has 0 aromatic rings. The van der Waals surface area contributed by atoms with Gasteiger partial charge in [-0.3, -0.25) is 9.59 Å². The van der Waals surface area contributed by atoms with Crippen LogP contribution in [0, 0.1) is 28.6 Å². The first-order valence-corrected chi connectivity index (χ1v) is 12.3. The highest BCUT2D eigenvalue weighted by Gasteiger charge is 2.84. The first kappa shape index (κ1) is 20.5. The molecule has 0 N–H and O–H groups in total. The SMILES string of the molecule is CC(=O)O[C@H]1CC[C@]2(C)[C@H]3CC[C@@]4(C)[C@@H](CC[C@]45O[C@]5(C)OC(C)=O)[C@@H]3C[C@H]3O[C@]32C1. The summed E-state index contributed by atoms with van der Waals surface area (Å²) in [5, 5.41) is 0. The van der Waals surface area contributed by atoms with Crippen LogP contribution in [0.4, 0.5) is 0 Å². The minimum absolute atomic E-state index is 0.0000302. The van der Waals surface area contributed by atoms with Crippen LogP contribution in [0.3, 0.4) is 0 Å². The van der Waals surface area contributed by atoms with Crippen LogP contribution in [0.25, 0.3) is 0 Å². The van der Waals surface area contributed by atoms with Gasteiger partial charge >= 0.3 is 11.9 Å². The fraction of sp³-hybridized carbons (Fsp3) is 0.920. The molecule has 0 aromatic heterocycles. The van der Waals surface area contributed by atoms with Crippen molar-refractivity contribution in [1.82, 2.24) is 0 Å². The molecule has 4 saturated carbocycles. The van der Waals surface area contributed by atoms with Gasteiger partial charge < -0.3 is 18.9 Å². The third-order valence-electron chi connectivity index (χ3n) is 10.9. The van der Waals surface area contributed by atoms with E-state index in [4.69, 9.17) is 18.9 Å². The molecule has 0 bridgehead atoms. The van der Waals surface area contributed by atoms with Crippen LogP contribution in [-0.4, -0.2) is 41.1 Å². The predicted octanol–water partition coefficient (Wildman–Crippen LogP) is 4.14. The van der Waals surface area contributed by atoms with Crippen molar-refractivity contribution < 1.29 is 28.5 Å². The van der Waals surface area contributed by atoms with Crippen molar-refractivity contribution in [2.45, 2.75) is 115 Å². The van der Waals surface area contributed by atoms with E-state index in [0.717, 1.165) is 44.9 Å². The lowest BCUT2D eigenvalue weighted by atomic mass is 9.44. The Hall–Kier alpha value is -1.14. The molecule has 2 aliphatic heterocycles. The summed E-state index contributed by atoms with van der Waals surface area (Å²) >= 11 is 0. The molecule has 2 heterocycles. The van der Waals surface area contributed by atoms with E-state index in [2.05, 4.69) is 13.8 Å². The molecule has 172 valence electrons. The number of epoxide rings is 2. The summed E-state index contributed by atoms with van der Waals surface area (Å²) in [6.45, 7) is 9.80. The smallest absolute Gasteiger partial charge is 0.305 e. The van der Waals surface area contributed by atoms with Crippen LogP contribution < -0.4 is 0 Å². The van der Waals surface area contributed by atoms with Gasteiger partial charge in [-0.15, -0.1) is 0 Å². The lowest BCUT2D eigenvalue weighted by Gasteiger charge is -2.59. The molecule has 2 saturated heterocycles. The van der Waals surface area contributed by atoms with Gasteiger partial charge in [-0.25, -0.2) is 0 Å². The third-order valence-corrected chi connectivity index (χ3v) is 10.9. The van der Waals surface area contributed by atoms with Crippen LogP contribution in [0.2, 0.25) is 0 Å². The summed E-state index contributed by atoms with van der Waals surface area (Å²) in [6.07, 6.45) is 8.66. The maximum atomic E-state index is 11.7. The normalized spacial score (nSPS) is 58.4. The maximum Gasteiger partial charge on any atom is 0.305 e. The van der Waals surface area contributed by atoms with E-state index in [0.29, 0.717) is 17.8 Å². The number of carbonyl (C=O) groups is 2. The van der Waals surface area contributed by atoms with E-state index in [1.54, 1.807) is 0 Å². The van der Waals surface area contributed by atoms with Gasteiger partial charge in [0, 0.05) is 38.0 Å². The monoisotopic (exact) mass is 432 g/mol. The topological polar surface area (TPSA) is 77.7 Å². The zero-order valence-electron chi connectivity index (χ0n) is 19.5. The van der Waals surface area contributed by atoms with Crippen molar-refractivity contribution in [3.05, 3.63) is 0 Å². The van der Waals surface area contributed by atoms with Crippen LogP contribution in [-0.2, 0) is 28.5 Å². The molecule has 2 spiro atoms. The summed E-state index contributed by atoms with van der Waals surface area (Å²) in [4.78, 5) is 23.3. The molecule has 31 heavy (non-hydrogen) atoms. The standard InChI is InChI=1S/C25H36O6/c1-14(26)28-16-6-9-21(3)18-7-10-22(4)19(17(18)12-20-24(21,13-16)30-20)8-11-25(22)23(5,31-25)29-15(2)27/h16-20H,6-13H2,1-5H3/t16-,17+,18-,19-,20+,21+,22-,23-,24+,25-/m0/s1. The summed E-state index contributed by atoms with van der Waals surface area (Å²) in [5.74, 6) is 0.632. The van der Waals surface area contributed by atoms with Crippen LogP contribution in [0.1, 0.15) is 86.0 Å². The highest BCUT2D eigenvalue weighted by atomic mass is 16.8. The average molecular weight is 433 g/mol. The Balaban J connectivity index is 1.27. The molecule has 6 rings (SSSR count). The van der Waals surface area contributed by atoms with Gasteiger partial charge in [0.05, 0.1) is 6.10 Å². The van der Waals surface area contributed by atoms with Gasteiger partial charge in [0.15, 0.2) is 0 Å². The Morgan fingerprint density at radius 1 is 0.903 bits per heavy atom. The van der Waals surface area contributed by atoms with Crippen molar-refractivity contribution in [2.75, 3.05) is 0 Å². The second kappa shape index (κ2) is 5.85. The molecular weight excluding hydrogens is 396 g/mol. The number of carbonyl (C=O) groups excluding carboxylic acids is 2. The van der Waals surface area contributed by atoms with Gasteiger partial charge in [-0.1, -0.05) is 13.8 Å². The van der Waals surface area contributed by atoms with Crippen molar-refractivity contribution >= 4 is 11.9 Å². The first-order valence-electron chi connectivity index (χ1n) is 12.3. The number of rotatable bonds is 2. The molecule has 0 amide bonds. The van der Waals surface area contributed by atoms with E-state index >= 15 is 0 Å². The molecule has 0 aromatic carbocycles. The molecule has 6 nitrogen and oxygen atoms in total. The van der Waals surface area contributed by atoms with Gasteiger partial charge in [0.25, 0.3) is 0 Å². The fourth-order valence-electron chi connectivity index (χ4n) is 9.57. The number of ether oxygens (including phenoxy) is 4. The van der Waals surface area contributed by atoms with Gasteiger partial charge in [-0.2, -0.15) is 0 Å². The molecule has 6 fully saturated rings. The zero-order chi connectivity index (χ0) is 22.0. The number of hydrogen-bond donors (Lipinski definition) is 0. The molecule has 4 aliphatic carbocycles. The van der Waals surface area contributed by atoms with Crippen molar-refractivity contribution in [2.24, 2.45) is 28.6 Å². The zero-order valence-corrected chi connectivity index (χ0v) is 19.5. The second-order valence-corrected chi connectivity index (χ2v) is 12.0. The highest BCUT2D eigenvalue weighted by molar-refractivity contribution is 5.67. The molecule has 6 heteroatoms. The van der Waals surface area contributed by atoms with Crippen LogP contribution in [0.15, 0.2) is 0 Å². The molecule has 0 unspecified atom stereocenters. The van der Waals surface area contributed by atoms with E-state index in [1.807, 2.05) is 6.92 Å². The fourth-order valence-corrected chi connectivity index (χ4v) is 9.57. The van der Waals surface area contributed by atoms with Gasteiger partial charge in [0.2, 0.25) is 5.79 Å². The van der Waals surface area contributed by atoms with Gasteiger partial charge in [0.1, 0.15) is 17.3 Å². The largest absolute Gasteiger partial charge is 0.462 e. The Labute approximate surface area is 184 Å². The van der Waals surface area contributed by atoms with E-state index < -0.39 is 5.79 Å². The Bertz CT molecular complexity index is 857. The quantitative estimate of drug-likeness (QED) is 0.482. The Kier molecular flexibility index (Phi) is 3.86. The maximum absolute atomic E-state index is 11.7. The first-order chi connectivity index (χ1) is 14.5. The minimum Gasteiger partial charge on any atom is -0.462 e. The lowest BCUT2D eigenvalue weighted by molar-refractivity contribution is -0.159. The van der Waals surface area contributed by atoms with E-state index in [-0.39, 0.29) is 46.2 Å². The molecule has 10 atom stereocenters. The highest BCUT2D eigenvalue weighted by Crippen LogP contribution is 2.78. The predicted molar refractivity (Wildman–Crippen MR) is 111 cm³/mol. The molecular formula is C25H36O6. The molecule has 0 radical (unpaired) electrons. The van der Waals surface area contributed by atoms with Crippen LogP contribution in [0.5, 0.6) is 0 Å². The average Bonchev–Trinajstić information content (AvgIpc) is 3.47. The summed E-state index contributed by atoms with van der Waals surface area (Å²) in [7, 11) is 0. The van der Waals surface area contributed by atoms with Crippen LogP contribution >= 0.6 is 0 Å². The second-order valence-electron chi connectivity index (χ2n) is 12.0.